The highest BCUT2D eigenvalue weighted by Gasteiger charge is 2.08. The Balaban J connectivity index is 2.02. The maximum Gasteiger partial charge on any atom is 0.161 e. The zero-order chi connectivity index (χ0) is 12.5. The van der Waals surface area contributed by atoms with Gasteiger partial charge in [-0.3, -0.25) is 4.40 Å². The Bertz CT molecular complexity index is 691. The molecule has 0 N–H and O–H groups in total. The van der Waals surface area contributed by atoms with Gasteiger partial charge in [-0.2, -0.15) is 0 Å². The summed E-state index contributed by atoms with van der Waals surface area (Å²) < 4.78 is 15.7. The lowest BCUT2D eigenvalue weighted by Gasteiger charge is -2.02. The van der Waals surface area contributed by atoms with E-state index in [0.29, 0.717) is 6.42 Å². The molecule has 0 aliphatic rings. The second-order valence-electron chi connectivity index (χ2n) is 3.96. The van der Waals surface area contributed by atoms with Crippen molar-refractivity contribution < 1.29 is 4.39 Å². The lowest BCUT2D eigenvalue weighted by molar-refractivity contribution is 0.627. The third kappa shape index (κ3) is 2.01. The summed E-state index contributed by atoms with van der Waals surface area (Å²) in [5.41, 5.74) is 1.79. The highest BCUT2D eigenvalue weighted by Crippen LogP contribution is 2.16. The first kappa shape index (κ1) is 11.3. The van der Waals surface area contributed by atoms with Gasteiger partial charge in [0.1, 0.15) is 11.6 Å². The normalized spacial score (nSPS) is 11.0. The number of fused-ring (bicyclic) bond motifs is 1. The van der Waals surface area contributed by atoms with Gasteiger partial charge in [0.05, 0.1) is 4.60 Å². The average molecular weight is 306 g/mol. The Morgan fingerprint density at radius 2 is 1.83 bits per heavy atom. The molecule has 0 bridgehead atoms. The highest BCUT2D eigenvalue weighted by atomic mass is 79.9. The van der Waals surface area contributed by atoms with Crippen LogP contribution in [-0.2, 0) is 6.42 Å². The van der Waals surface area contributed by atoms with E-state index in [0.717, 1.165) is 21.6 Å². The van der Waals surface area contributed by atoms with Crippen LogP contribution in [0.3, 0.4) is 0 Å². The molecule has 0 aliphatic heterocycles. The molecule has 5 heteroatoms. The molecule has 0 radical (unpaired) electrons. The predicted octanol–water partition coefficient (Wildman–Crippen LogP) is 3.22. The topological polar surface area (TPSA) is 30.2 Å². The fourth-order valence-electron chi connectivity index (χ4n) is 1.86. The van der Waals surface area contributed by atoms with Crippen molar-refractivity contribution in [3.05, 3.63) is 64.3 Å². The third-order valence-corrected chi connectivity index (χ3v) is 3.34. The minimum Gasteiger partial charge on any atom is -0.273 e. The Labute approximate surface area is 111 Å². The van der Waals surface area contributed by atoms with Crippen LogP contribution in [0, 0.1) is 5.82 Å². The van der Waals surface area contributed by atoms with E-state index in [2.05, 4.69) is 26.1 Å². The van der Waals surface area contributed by atoms with E-state index in [9.17, 15) is 4.39 Å². The zero-order valence-electron chi connectivity index (χ0n) is 9.35. The maximum atomic E-state index is 12.8. The molecule has 90 valence electrons. The number of rotatable bonds is 2. The van der Waals surface area contributed by atoms with Crippen molar-refractivity contribution in [3.63, 3.8) is 0 Å². The van der Waals surface area contributed by atoms with Crippen molar-refractivity contribution in [1.29, 1.82) is 0 Å². The van der Waals surface area contributed by atoms with Gasteiger partial charge in [0, 0.05) is 6.42 Å². The van der Waals surface area contributed by atoms with Crippen molar-refractivity contribution in [2.24, 2.45) is 0 Å². The quantitative estimate of drug-likeness (QED) is 0.681. The van der Waals surface area contributed by atoms with Crippen molar-refractivity contribution in [1.82, 2.24) is 14.6 Å². The molecule has 3 aromatic rings. The van der Waals surface area contributed by atoms with Crippen LogP contribution in [0.5, 0.6) is 0 Å². The molecule has 0 atom stereocenters. The van der Waals surface area contributed by atoms with Gasteiger partial charge in [-0.15, -0.1) is 10.2 Å². The second-order valence-corrected chi connectivity index (χ2v) is 4.77. The lowest BCUT2D eigenvalue weighted by atomic mass is 10.1. The summed E-state index contributed by atoms with van der Waals surface area (Å²) in [6, 6.07) is 12.2. The van der Waals surface area contributed by atoms with E-state index in [-0.39, 0.29) is 5.82 Å². The molecular formula is C13H9BrFN3. The summed E-state index contributed by atoms with van der Waals surface area (Å²) in [6.45, 7) is 0. The number of hydrogen-bond acceptors (Lipinski definition) is 2. The number of hydrogen-bond donors (Lipinski definition) is 0. The Hall–Kier alpha value is -1.75. The standard InChI is InChI=1S/C13H9BrFN3/c14-11-2-1-3-12-16-17-13(18(11)12)8-9-4-6-10(15)7-5-9/h1-7H,8H2. The molecule has 2 aromatic heterocycles. The van der Waals surface area contributed by atoms with Crippen molar-refractivity contribution in [3.8, 4) is 0 Å². The molecule has 2 heterocycles. The third-order valence-electron chi connectivity index (χ3n) is 2.72. The van der Waals surface area contributed by atoms with E-state index in [1.807, 2.05) is 22.6 Å². The number of nitrogens with zero attached hydrogens (tertiary/aromatic N) is 3. The first-order chi connectivity index (χ1) is 8.74. The largest absolute Gasteiger partial charge is 0.273 e. The molecule has 0 aliphatic carbocycles. The van der Waals surface area contributed by atoms with Gasteiger partial charge in [0.2, 0.25) is 0 Å². The number of pyridine rings is 1. The summed E-state index contributed by atoms with van der Waals surface area (Å²) in [5.74, 6) is 0.593. The van der Waals surface area contributed by atoms with Gasteiger partial charge in [-0.1, -0.05) is 18.2 Å². The number of halogens is 2. The van der Waals surface area contributed by atoms with Crippen LogP contribution in [-0.4, -0.2) is 14.6 Å². The van der Waals surface area contributed by atoms with Gasteiger partial charge in [0.15, 0.2) is 5.65 Å². The monoisotopic (exact) mass is 305 g/mol. The fraction of sp³-hybridized carbons (Fsp3) is 0.0769. The molecular weight excluding hydrogens is 297 g/mol. The molecule has 0 fully saturated rings. The summed E-state index contributed by atoms with van der Waals surface area (Å²) >= 11 is 3.47. The van der Waals surface area contributed by atoms with Crippen LogP contribution < -0.4 is 0 Å². The maximum absolute atomic E-state index is 12.8. The number of aromatic nitrogens is 3. The van der Waals surface area contributed by atoms with E-state index in [4.69, 9.17) is 0 Å². The Morgan fingerprint density at radius 1 is 1.06 bits per heavy atom. The molecule has 18 heavy (non-hydrogen) atoms. The van der Waals surface area contributed by atoms with E-state index < -0.39 is 0 Å². The molecule has 1 aromatic carbocycles. The Morgan fingerprint density at radius 3 is 2.61 bits per heavy atom. The van der Waals surface area contributed by atoms with Crippen molar-refractivity contribution in [2.75, 3.05) is 0 Å². The summed E-state index contributed by atoms with van der Waals surface area (Å²) in [4.78, 5) is 0. The molecule has 0 spiro atoms. The van der Waals surface area contributed by atoms with E-state index in [1.54, 1.807) is 12.1 Å². The smallest absolute Gasteiger partial charge is 0.161 e. The van der Waals surface area contributed by atoms with Crippen LogP contribution in [0.2, 0.25) is 0 Å². The molecule has 0 saturated heterocycles. The fourth-order valence-corrected chi connectivity index (χ4v) is 2.40. The molecule has 0 unspecified atom stereocenters. The van der Waals surface area contributed by atoms with Gasteiger partial charge >= 0.3 is 0 Å². The lowest BCUT2D eigenvalue weighted by Crippen LogP contribution is -1.97. The van der Waals surface area contributed by atoms with Gasteiger partial charge < -0.3 is 0 Å². The average Bonchev–Trinajstić information content (AvgIpc) is 2.77. The first-order valence-electron chi connectivity index (χ1n) is 5.47. The molecule has 3 rings (SSSR count). The SMILES string of the molecule is Fc1ccc(Cc2nnc3cccc(Br)n23)cc1. The minimum atomic E-state index is -0.231. The first-order valence-corrected chi connectivity index (χ1v) is 6.26. The van der Waals surface area contributed by atoms with Crippen LogP contribution >= 0.6 is 15.9 Å². The predicted molar refractivity (Wildman–Crippen MR) is 69.9 cm³/mol. The van der Waals surface area contributed by atoms with E-state index in [1.165, 1.54) is 12.1 Å². The molecule has 0 saturated carbocycles. The van der Waals surface area contributed by atoms with Crippen molar-refractivity contribution >= 4 is 21.6 Å². The molecule has 0 amide bonds. The van der Waals surface area contributed by atoms with Gasteiger partial charge in [-0.25, -0.2) is 4.39 Å². The van der Waals surface area contributed by atoms with Crippen LogP contribution in [0.4, 0.5) is 4.39 Å². The van der Waals surface area contributed by atoms with Crippen LogP contribution in [0.1, 0.15) is 11.4 Å². The summed E-state index contributed by atoms with van der Waals surface area (Å²) in [6.07, 6.45) is 0.615. The van der Waals surface area contributed by atoms with Crippen molar-refractivity contribution in [2.45, 2.75) is 6.42 Å². The minimum absolute atomic E-state index is 0.231. The van der Waals surface area contributed by atoms with Gasteiger partial charge in [-0.05, 0) is 45.8 Å². The van der Waals surface area contributed by atoms with Gasteiger partial charge in [0.25, 0.3) is 0 Å². The summed E-state index contributed by atoms with van der Waals surface area (Å²) in [7, 11) is 0. The Kier molecular flexibility index (Phi) is 2.83. The highest BCUT2D eigenvalue weighted by molar-refractivity contribution is 9.10. The van der Waals surface area contributed by atoms with Crippen LogP contribution in [0.25, 0.3) is 5.65 Å². The zero-order valence-corrected chi connectivity index (χ0v) is 10.9. The summed E-state index contributed by atoms with van der Waals surface area (Å²) in [5, 5.41) is 8.27. The van der Waals surface area contributed by atoms with Crippen LogP contribution in [0.15, 0.2) is 47.1 Å². The molecule has 3 nitrogen and oxygen atoms in total. The number of benzene rings is 1. The van der Waals surface area contributed by atoms with E-state index >= 15 is 0 Å². The second kappa shape index (κ2) is 4.49.